The molecular formula is C9H10O3P+. The van der Waals surface area contributed by atoms with Gasteiger partial charge in [0.2, 0.25) is 0 Å². The molecule has 0 aliphatic carbocycles. The topological polar surface area (TPSA) is 54.4 Å². The van der Waals surface area contributed by atoms with Crippen LogP contribution >= 0.6 is 7.80 Å². The van der Waals surface area contributed by atoms with Gasteiger partial charge < -0.3 is 5.11 Å². The summed E-state index contributed by atoms with van der Waals surface area (Å²) < 4.78 is 11.4. The van der Waals surface area contributed by atoms with Gasteiger partial charge in [-0.25, -0.2) is 4.79 Å². The van der Waals surface area contributed by atoms with Crippen LogP contribution in [0, 0.1) is 0 Å². The number of aliphatic hydroxyl groups is 1. The number of hydrogen-bond acceptors (Lipinski definition) is 3. The van der Waals surface area contributed by atoms with Gasteiger partial charge in [-0.05, 0) is 19.1 Å². The third-order valence-electron chi connectivity index (χ3n) is 1.55. The van der Waals surface area contributed by atoms with Crippen LogP contribution < -0.4 is 5.30 Å². The average molecular weight is 197 g/mol. The van der Waals surface area contributed by atoms with Crippen molar-refractivity contribution in [1.29, 1.82) is 0 Å². The van der Waals surface area contributed by atoms with Gasteiger partial charge in [0, 0.05) is 0 Å². The minimum absolute atomic E-state index is 0.461. The molecular weight excluding hydrogens is 187 g/mol. The fourth-order valence-electron chi connectivity index (χ4n) is 0.860. The second-order valence-corrected chi connectivity index (χ2v) is 4.19. The lowest BCUT2D eigenvalue weighted by Crippen LogP contribution is -2.15. The van der Waals surface area contributed by atoms with E-state index in [1.807, 2.05) is 0 Å². The van der Waals surface area contributed by atoms with Crippen LogP contribution in [-0.2, 0) is 9.36 Å². The Morgan fingerprint density at radius 1 is 1.38 bits per heavy atom. The summed E-state index contributed by atoms with van der Waals surface area (Å²) >= 11 is 0. The van der Waals surface area contributed by atoms with Crippen LogP contribution in [0.15, 0.2) is 30.3 Å². The van der Waals surface area contributed by atoms with E-state index in [9.17, 15) is 9.36 Å². The number of carbonyl (C=O) groups excluding carboxylic acids is 1. The molecule has 1 aromatic rings. The van der Waals surface area contributed by atoms with Gasteiger partial charge >= 0.3 is 13.3 Å². The number of hydrogen-bond donors (Lipinski definition) is 1. The lowest BCUT2D eigenvalue weighted by Gasteiger charge is -1.90. The van der Waals surface area contributed by atoms with Crippen molar-refractivity contribution >= 4 is 18.6 Å². The Morgan fingerprint density at radius 3 is 2.38 bits per heavy atom. The summed E-state index contributed by atoms with van der Waals surface area (Å²) in [5.41, 5.74) is -0.624. The van der Waals surface area contributed by atoms with Crippen molar-refractivity contribution < 1.29 is 14.5 Å². The van der Waals surface area contributed by atoms with E-state index in [1.165, 1.54) is 6.92 Å². The molecule has 0 amide bonds. The van der Waals surface area contributed by atoms with Crippen molar-refractivity contribution in [3.8, 4) is 0 Å². The number of aliphatic hydroxyl groups excluding tert-OH is 1. The quantitative estimate of drug-likeness (QED) is 0.737. The SMILES string of the molecule is CC(O)C(=O)[P+](=O)c1ccccc1. The smallest absolute Gasteiger partial charge is 0.381 e. The molecule has 0 saturated heterocycles. The first-order chi connectivity index (χ1) is 6.13. The average Bonchev–Trinajstić information content (AvgIpc) is 2.17. The van der Waals surface area contributed by atoms with Crippen molar-refractivity contribution in [3.05, 3.63) is 30.3 Å². The fraction of sp³-hybridized carbons (Fsp3) is 0.222. The first kappa shape index (κ1) is 10.0. The monoisotopic (exact) mass is 197 g/mol. The van der Waals surface area contributed by atoms with Crippen LogP contribution in [0.25, 0.3) is 0 Å². The van der Waals surface area contributed by atoms with E-state index in [1.54, 1.807) is 30.3 Å². The third kappa shape index (κ3) is 2.44. The second kappa shape index (κ2) is 4.26. The molecule has 0 aliphatic heterocycles. The van der Waals surface area contributed by atoms with Crippen molar-refractivity contribution in [2.24, 2.45) is 0 Å². The molecule has 1 aromatic carbocycles. The number of carbonyl (C=O) groups is 1. The lowest BCUT2D eigenvalue weighted by atomic mass is 10.4. The standard InChI is InChI=1S/C9H10O3P/c1-7(10)9(11)13(12)8-5-3-2-4-6-8/h2-7,10H,1H3/q+1. The molecule has 1 rings (SSSR count). The Hall–Kier alpha value is -1.05. The van der Waals surface area contributed by atoms with E-state index in [0.29, 0.717) is 5.30 Å². The Kier molecular flexibility index (Phi) is 3.29. The molecule has 13 heavy (non-hydrogen) atoms. The maximum atomic E-state index is 11.4. The minimum Gasteiger partial charge on any atom is -0.381 e. The van der Waals surface area contributed by atoms with Crippen LogP contribution in [0.4, 0.5) is 0 Å². The van der Waals surface area contributed by atoms with E-state index < -0.39 is 19.4 Å². The van der Waals surface area contributed by atoms with Crippen LogP contribution in [0.2, 0.25) is 0 Å². The van der Waals surface area contributed by atoms with E-state index in [4.69, 9.17) is 5.11 Å². The molecule has 1 N–H and O–H groups in total. The molecule has 0 bridgehead atoms. The molecule has 4 heteroatoms. The molecule has 0 spiro atoms. The molecule has 2 unspecified atom stereocenters. The third-order valence-corrected chi connectivity index (χ3v) is 3.09. The van der Waals surface area contributed by atoms with Gasteiger partial charge in [-0.15, -0.1) is 0 Å². The van der Waals surface area contributed by atoms with Crippen molar-refractivity contribution in [3.63, 3.8) is 0 Å². The van der Waals surface area contributed by atoms with Gasteiger partial charge in [-0.2, -0.15) is 0 Å². The first-order valence-electron chi connectivity index (χ1n) is 3.87. The maximum absolute atomic E-state index is 11.4. The van der Waals surface area contributed by atoms with Gasteiger partial charge in [-0.1, -0.05) is 22.8 Å². The van der Waals surface area contributed by atoms with Gasteiger partial charge in [-0.3, -0.25) is 0 Å². The highest BCUT2D eigenvalue weighted by Gasteiger charge is 2.34. The summed E-state index contributed by atoms with van der Waals surface area (Å²) in [5, 5.41) is 9.38. The van der Waals surface area contributed by atoms with Gasteiger partial charge in [0.1, 0.15) is 0 Å². The molecule has 3 nitrogen and oxygen atoms in total. The summed E-state index contributed by atoms with van der Waals surface area (Å²) in [5.74, 6) is 0. The molecule has 0 radical (unpaired) electrons. The minimum atomic E-state index is -2.12. The summed E-state index contributed by atoms with van der Waals surface area (Å²) in [6.07, 6.45) is -1.16. The zero-order valence-electron chi connectivity index (χ0n) is 7.18. The van der Waals surface area contributed by atoms with Crippen LogP contribution in [0.3, 0.4) is 0 Å². The van der Waals surface area contributed by atoms with Crippen LogP contribution in [-0.4, -0.2) is 16.7 Å². The summed E-state index contributed by atoms with van der Waals surface area (Å²) in [7, 11) is -2.12. The molecule has 68 valence electrons. The van der Waals surface area contributed by atoms with Crippen LogP contribution in [0.5, 0.6) is 0 Å². The predicted octanol–water partition coefficient (Wildman–Crippen LogP) is 1.05. The highest BCUT2D eigenvalue weighted by molar-refractivity contribution is 7.71. The Labute approximate surface area is 77.2 Å². The van der Waals surface area contributed by atoms with Gasteiger partial charge in [0.05, 0.1) is 0 Å². The largest absolute Gasteiger partial charge is 0.456 e. The Bertz CT molecular complexity index is 319. The molecule has 0 heterocycles. The van der Waals surface area contributed by atoms with E-state index >= 15 is 0 Å². The zero-order chi connectivity index (χ0) is 9.84. The van der Waals surface area contributed by atoms with E-state index in [0.717, 1.165) is 0 Å². The summed E-state index contributed by atoms with van der Waals surface area (Å²) in [6, 6.07) is 8.41. The molecule has 2 atom stereocenters. The highest BCUT2D eigenvalue weighted by atomic mass is 31.1. The molecule has 0 saturated carbocycles. The fourth-order valence-corrected chi connectivity index (χ4v) is 1.90. The second-order valence-electron chi connectivity index (χ2n) is 2.64. The van der Waals surface area contributed by atoms with Gasteiger partial charge in [0.25, 0.3) is 0 Å². The predicted molar refractivity (Wildman–Crippen MR) is 50.4 cm³/mol. The summed E-state index contributed by atoms with van der Waals surface area (Å²) in [6.45, 7) is 1.32. The Morgan fingerprint density at radius 2 is 1.92 bits per heavy atom. The normalized spacial score (nSPS) is 13.5. The number of rotatable bonds is 3. The highest BCUT2D eigenvalue weighted by Crippen LogP contribution is 2.22. The van der Waals surface area contributed by atoms with E-state index in [-0.39, 0.29) is 0 Å². The zero-order valence-corrected chi connectivity index (χ0v) is 8.07. The van der Waals surface area contributed by atoms with Crippen molar-refractivity contribution in [2.45, 2.75) is 13.0 Å². The maximum Gasteiger partial charge on any atom is 0.456 e. The van der Waals surface area contributed by atoms with Gasteiger partial charge in [0.15, 0.2) is 11.4 Å². The van der Waals surface area contributed by atoms with Crippen LogP contribution in [0.1, 0.15) is 6.92 Å². The molecule has 0 aliphatic rings. The lowest BCUT2D eigenvalue weighted by molar-refractivity contribution is -0.118. The number of benzene rings is 1. The summed E-state index contributed by atoms with van der Waals surface area (Å²) in [4.78, 5) is 11.1. The first-order valence-corrected chi connectivity index (χ1v) is 5.13. The molecule has 0 aromatic heterocycles. The van der Waals surface area contributed by atoms with E-state index in [2.05, 4.69) is 0 Å². The molecule has 0 fully saturated rings. The van der Waals surface area contributed by atoms with Crippen molar-refractivity contribution in [1.82, 2.24) is 0 Å². The van der Waals surface area contributed by atoms with Crippen molar-refractivity contribution in [2.75, 3.05) is 0 Å². The Balaban J connectivity index is 2.87.